The first-order valence-electron chi connectivity index (χ1n) is 13.5. The highest BCUT2D eigenvalue weighted by atomic mass is 19.2. The Morgan fingerprint density at radius 1 is 1.10 bits per heavy atom. The van der Waals surface area contributed by atoms with Crippen LogP contribution < -0.4 is 5.73 Å². The Kier molecular flexibility index (Phi) is 8.43. The summed E-state index contributed by atoms with van der Waals surface area (Å²) in [5.41, 5.74) is 1.56. The van der Waals surface area contributed by atoms with Crippen LogP contribution in [-0.2, 0) is 35.1 Å². The van der Waals surface area contributed by atoms with Crippen molar-refractivity contribution in [2.24, 2.45) is 35.3 Å². The van der Waals surface area contributed by atoms with Crippen LogP contribution in [0.15, 0.2) is 18.2 Å². The van der Waals surface area contributed by atoms with Gasteiger partial charge in [0.05, 0.1) is 12.7 Å². The Balaban J connectivity index is 1.42. The number of rotatable bonds is 9. The van der Waals surface area contributed by atoms with E-state index < -0.39 is 65.2 Å². The number of halogens is 3. The van der Waals surface area contributed by atoms with Crippen LogP contribution in [0.25, 0.3) is 0 Å². The summed E-state index contributed by atoms with van der Waals surface area (Å²) >= 11 is 0. The third-order valence-corrected chi connectivity index (χ3v) is 8.66. The smallest absolute Gasteiger partial charge is 0.479 e. The van der Waals surface area contributed by atoms with Gasteiger partial charge in [0.2, 0.25) is 12.0 Å². The number of carboxylic acids is 1. The number of hydrogen-bond donors (Lipinski definition) is 2. The highest BCUT2D eigenvalue weighted by molar-refractivity contribution is 5.91. The van der Waals surface area contributed by atoms with E-state index in [1.54, 1.807) is 0 Å². The maximum absolute atomic E-state index is 15.2. The number of aliphatic carboxylic acids is 1. The second kappa shape index (κ2) is 11.2. The highest BCUT2D eigenvalue weighted by Gasteiger charge is 2.85. The first-order chi connectivity index (χ1) is 18.7. The quantitative estimate of drug-likeness (QED) is 0.325. The third kappa shape index (κ3) is 5.52. The summed E-state index contributed by atoms with van der Waals surface area (Å²) in [7, 11) is 0. The average Bonchev–Trinajstić information content (AvgIpc) is 3.34. The van der Waals surface area contributed by atoms with E-state index in [2.05, 4.69) is 6.92 Å². The molecule has 0 bridgehead atoms. The molecule has 0 spiro atoms. The summed E-state index contributed by atoms with van der Waals surface area (Å²) in [4.78, 5) is 37.4. The predicted octanol–water partition coefficient (Wildman–Crippen LogP) is 4.49. The zero-order valence-electron chi connectivity index (χ0n) is 22.9. The third-order valence-electron chi connectivity index (χ3n) is 8.66. The van der Waals surface area contributed by atoms with Gasteiger partial charge in [0, 0.05) is 18.8 Å². The Bertz CT molecular complexity index is 1150. The zero-order chi connectivity index (χ0) is 29.6. The average molecular weight is 572 g/mol. The summed E-state index contributed by atoms with van der Waals surface area (Å²) in [6.45, 7) is 7.11. The number of hydrogen-bond acceptors (Lipinski definition) is 8. The normalized spacial score (nSPS) is 35.5. The number of alkyl halides is 1. The SMILES string of the molecule is CC(C)[C@@H]1CC[C@@H](C)C[C@H]1OC(=O)O[C@H](C)OC(=O)[C@@]1(N)[C@H]2[C@@H](C[C@H]1OCc1ccc(F)c(F)c1)[C@]2(F)C(=O)O. The molecule has 3 N–H and O–H groups in total. The van der Waals surface area contributed by atoms with Crippen LogP contribution in [-0.4, -0.2) is 52.9 Å². The Hall–Kier alpha value is -2.86. The summed E-state index contributed by atoms with van der Waals surface area (Å²) in [6.07, 6.45) is -1.72. The van der Waals surface area contributed by atoms with Crippen molar-refractivity contribution >= 4 is 18.1 Å². The van der Waals surface area contributed by atoms with Crippen molar-refractivity contribution in [3.8, 4) is 0 Å². The second-order valence-electron chi connectivity index (χ2n) is 11.7. The summed E-state index contributed by atoms with van der Waals surface area (Å²) < 4.78 is 63.7. The molecule has 0 saturated heterocycles. The van der Waals surface area contributed by atoms with Crippen molar-refractivity contribution in [1.82, 2.24) is 0 Å². The number of esters is 1. The lowest BCUT2D eigenvalue weighted by atomic mass is 9.75. The van der Waals surface area contributed by atoms with E-state index in [-0.39, 0.29) is 36.5 Å². The molecule has 3 fully saturated rings. The molecule has 40 heavy (non-hydrogen) atoms. The van der Waals surface area contributed by atoms with Gasteiger partial charge in [-0.2, -0.15) is 0 Å². The van der Waals surface area contributed by atoms with E-state index in [1.165, 1.54) is 13.0 Å². The molecular formula is C28H36F3NO8. The van der Waals surface area contributed by atoms with Gasteiger partial charge in [0.25, 0.3) is 0 Å². The van der Waals surface area contributed by atoms with E-state index in [0.29, 0.717) is 12.3 Å². The van der Waals surface area contributed by atoms with E-state index in [4.69, 9.17) is 24.7 Å². The molecule has 0 unspecified atom stereocenters. The lowest BCUT2D eigenvalue weighted by Gasteiger charge is -2.36. The molecule has 1 aromatic carbocycles. The van der Waals surface area contributed by atoms with Gasteiger partial charge in [-0.15, -0.1) is 0 Å². The van der Waals surface area contributed by atoms with Gasteiger partial charge in [-0.1, -0.05) is 33.3 Å². The second-order valence-corrected chi connectivity index (χ2v) is 11.7. The Morgan fingerprint density at radius 3 is 2.42 bits per heavy atom. The van der Waals surface area contributed by atoms with Crippen LogP contribution in [0.1, 0.15) is 58.9 Å². The standard InChI is InChI=1S/C28H36F3NO8/c1-13(2)17-7-5-14(3)9-21(17)40-26(36)39-15(4)38-25(35)28(32)22(11-18-23(28)27(18,31)24(33)34)37-12-16-6-8-19(29)20(30)10-16/h6,8,10,13-15,17-18,21-23H,5,7,9,11-12,32H2,1-4H3,(H,33,34)/t14-,15-,17+,18-,21-,22-,23+,27-,28+/m1/s1. The maximum atomic E-state index is 15.2. The van der Waals surface area contributed by atoms with Gasteiger partial charge in [0.1, 0.15) is 11.6 Å². The highest BCUT2D eigenvalue weighted by Crippen LogP contribution is 2.67. The summed E-state index contributed by atoms with van der Waals surface area (Å²) in [6, 6.07) is 3.06. The van der Waals surface area contributed by atoms with Crippen molar-refractivity contribution in [1.29, 1.82) is 0 Å². The minimum atomic E-state index is -2.76. The van der Waals surface area contributed by atoms with E-state index in [0.717, 1.165) is 25.0 Å². The maximum Gasteiger partial charge on any atom is 0.511 e. The van der Waals surface area contributed by atoms with Crippen molar-refractivity contribution in [3.63, 3.8) is 0 Å². The van der Waals surface area contributed by atoms with Gasteiger partial charge < -0.3 is 29.8 Å². The summed E-state index contributed by atoms with van der Waals surface area (Å²) in [5, 5.41) is 9.43. The Labute approximate surface area is 230 Å². The fourth-order valence-electron chi connectivity index (χ4n) is 6.44. The largest absolute Gasteiger partial charge is 0.511 e. The molecule has 9 nitrogen and oxygen atoms in total. The molecule has 3 aliphatic carbocycles. The fraction of sp³-hybridized carbons (Fsp3) is 0.679. The first kappa shape index (κ1) is 30.1. The molecule has 1 aromatic rings. The minimum Gasteiger partial charge on any atom is -0.479 e. The predicted molar refractivity (Wildman–Crippen MR) is 133 cm³/mol. The fourth-order valence-corrected chi connectivity index (χ4v) is 6.44. The molecule has 4 rings (SSSR count). The molecule has 3 aliphatic rings. The molecule has 0 radical (unpaired) electrons. The van der Waals surface area contributed by atoms with Crippen LogP contribution in [0.3, 0.4) is 0 Å². The molecule has 0 amide bonds. The van der Waals surface area contributed by atoms with E-state index in [1.807, 2.05) is 13.8 Å². The molecule has 0 aromatic heterocycles. The van der Waals surface area contributed by atoms with E-state index >= 15 is 4.39 Å². The molecule has 12 heteroatoms. The van der Waals surface area contributed by atoms with Crippen LogP contribution in [0.2, 0.25) is 0 Å². The number of carboxylic acid groups (broad SMARTS) is 1. The number of benzene rings is 1. The lowest BCUT2D eigenvalue weighted by Crippen LogP contribution is -2.61. The van der Waals surface area contributed by atoms with Gasteiger partial charge in [-0.25, -0.2) is 27.6 Å². The molecule has 222 valence electrons. The minimum absolute atomic E-state index is 0.153. The van der Waals surface area contributed by atoms with Crippen LogP contribution in [0, 0.1) is 41.2 Å². The Morgan fingerprint density at radius 2 is 1.80 bits per heavy atom. The molecule has 9 atom stereocenters. The first-order valence-corrected chi connectivity index (χ1v) is 13.5. The van der Waals surface area contributed by atoms with Crippen molar-refractivity contribution in [2.45, 2.75) is 89.7 Å². The van der Waals surface area contributed by atoms with Crippen molar-refractivity contribution < 1.29 is 51.6 Å². The molecule has 3 saturated carbocycles. The summed E-state index contributed by atoms with van der Waals surface area (Å²) in [5.74, 6) is -6.94. The number of ether oxygens (including phenoxy) is 4. The monoisotopic (exact) mass is 571 g/mol. The van der Waals surface area contributed by atoms with Crippen LogP contribution >= 0.6 is 0 Å². The number of fused-ring (bicyclic) bond motifs is 1. The topological polar surface area (TPSA) is 134 Å². The number of nitrogens with two attached hydrogens (primary N) is 1. The molecule has 0 aliphatic heterocycles. The van der Waals surface area contributed by atoms with Crippen LogP contribution in [0.5, 0.6) is 0 Å². The number of carbonyl (C=O) groups is 3. The van der Waals surface area contributed by atoms with Crippen molar-refractivity contribution in [3.05, 3.63) is 35.4 Å². The van der Waals surface area contributed by atoms with Gasteiger partial charge >= 0.3 is 18.1 Å². The van der Waals surface area contributed by atoms with Crippen LogP contribution in [0.4, 0.5) is 18.0 Å². The molecular weight excluding hydrogens is 535 g/mol. The molecule has 0 heterocycles. The van der Waals surface area contributed by atoms with Crippen molar-refractivity contribution in [2.75, 3.05) is 0 Å². The van der Waals surface area contributed by atoms with Gasteiger partial charge in [0.15, 0.2) is 11.6 Å². The van der Waals surface area contributed by atoms with Gasteiger partial charge in [-0.05, 0) is 54.7 Å². The van der Waals surface area contributed by atoms with Gasteiger partial charge in [-0.3, -0.25) is 0 Å². The zero-order valence-corrected chi connectivity index (χ0v) is 22.9. The lowest BCUT2D eigenvalue weighted by molar-refractivity contribution is -0.184. The number of carbonyl (C=O) groups excluding carboxylic acids is 2. The van der Waals surface area contributed by atoms with E-state index in [9.17, 15) is 28.3 Å².